The van der Waals surface area contributed by atoms with Crippen LogP contribution in [0.25, 0.3) is 10.2 Å². The van der Waals surface area contributed by atoms with Crippen molar-refractivity contribution in [2.75, 3.05) is 11.9 Å². The first-order chi connectivity index (χ1) is 12.1. The van der Waals surface area contributed by atoms with E-state index < -0.39 is 0 Å². The third kappa shape index (κ3) is 3.29. The van der Waals surface area contributed by atoms with E-state index in [4.69, 9.17) is 11.6 Å². The number of aryl methyl sites for hydroxylation is 3. The molecule has 0 bridgehead atoms. The van der Waals surface area contributed by atoms with Crippen molar-refractivity contribution in [3.05, 3.63) is 57.6 Å². The predicted octanol–water partition coefficient (Wildman–Crippen LogP) is 5.43. The third-order valence-corrected chi connectivity index (χ3v) is 6.21. The maximum absolute atomic E-state index is 12.5. The molecule has 1 N–H and O–H groups in total. The molecule has 0 spiro atoms. The van der Waals surface area contributed by atoms with E-state index in [-0.39, 0.29) is 12.3 Å². The Bertz CT molecular complexity index is 964. The Hall–Kier alpha value is -1.91. The summed E-state index contributed by atoms with van der Waals surface area (Å²) in [5.41, 5.74) is 5.40. The first kappa shape index (κ1) is 16.6. The van der Waals surface area contributed by atoms with Gasteiger partial charge in [0.15, 0.2) is 10.9 Å². The lowest BCUT2D eigenvalue weighted by Gasteiger charge is -2.16. The largest absolute Gasteiger partial charge is 0.354 e. The van der Waals surface area contributed by atoms with Gasteiger partial charge in [-0.15, -0.1) is 0 Å². The van der Waals surface area contributed by atoms with Gasteiger partial charge >= 0.3 is 0 Å². The zero-order valence-electron chi connectivity index (χ0n) is 14.1. The molecule has 1 aliphatic rings. The summed E-state index contributed by atoms with van der Waals surface area (Å²) in [7, 11) is 0. The van der Waals surface area contributed by atoms with Crippen molar-refractivity contribution in [1.29, 1.82) is 0 Å². The third-order valence-electron chi connectivity index (χ3n) is 4.82. The highest BCUT2D eigenvalue weighted by atomic mass is 35.5. The van der Waals surface area contributed by atoms with Crippen LogP contribution < -0.4 is 5.32 Å². The van der Waals surface area contributed by atoms with Gasteiger partial charge in [0.25, 0.3) is 0 Å². The second-order valence-corrected chi connectivity index (χ2v) is 7.94. The lowest BCUT2D eigenvalue weighted by molar-refractivity contribution is 0.101. The number of carbonyl (C=O) groups is 1. The minimum absolute atomic E-state index is 0.0994. The molecule has 0 aliphatic heterocycles. The minimum Gasteiger partial charge on any atom is -0.354 e. The van der Waals surface area contributed by atoms with E-state index in [0.29, 0.717) is 0 Å². The number of halogens is 1. The van der Waals surface area contributed by atoms with Crippen LogP contribution in [0.3, 0.4) is 0 Å². The Labute approximate surface area is 156 Å². The van der Waals surface area contributed by atoms with Gasteiger partial charge in [-0.25, -0.2) is 4.98 Å². The molecule has 3 nitrogen and oxygen atoms in total. The molecule has 1 aromatic heterocycles. The van der Waals surface area contributed by atoms with Gasteiger partial charge in [-0.3, -0.25) is 4.79 Å². The number of anilines is 1. The van der Waals surface area contributed by atoms with Crippen LogP contribution in [-0.4, -0.2) is 17.3 Å². The van der Waals surface area contributed by atoms with E-state index >= 15 is 0 Å². The molecule has 2 aromatic carbocycles. The molecule has 0 unspecified atom stereocenters. The van der Waals surface area contributed by atoms with Gasteiger partial charge in [0.05, 0.1) is 16.8 Å². The van der Waals surface area contributed by atoms with E-state index in [1.165, 1.54) is 24.0 Å². The molecule has 3 aromatic rings. The molecular formula is C20H19ClN2OS. The van der Waals surface area contributed by atoms with Crippen molar-refractivity contribution in [2.45, 2.75) is 32.6 Å². The number of aromatic nitrogens is 1. The number of nitrogens with zero attached hydrogens (tertiary/aromatic N) is 1. The highest BCUT2D eigenvalue weighted by Gasteiger charge is 2.14. The fraction of sp³-hybridized carbons (Fsp3) is 0.300. The Kier molecular flexibility index (Phi) is 4.48. The number of benzene rings is 2. The fourth-order valence-electron chi connectivity index (χ4n) is 3.34. The van der Waals surface area contributed by atoms with Gasteiger partial charge in [0.1, 0.15) is 0 Å². The summed E-state index contributed by atoms with van der Waals surface area (Å²) in [5, 5.41) is 4.65. The summed E-state index contributed by atoms with van der Waals surface area (Å²) in [4.78, 5) is 17.1. The number of hydrogen-bond donors (Lipinski definition) is 1. The molecule has 0 fully saturated rings. The van der Waals surface area contributed by atoms with Crippen molar-refractivity contribution in [1.82, 2.24) is 4.98 Å². The van der Waals surface area contributed by atoms with E-state index in [2.05, 4.69) is 22.4 Å². The lowest BCUT2D eigenvalue weighted by atomic mass is 9.90. The summed E-state index contributed by atoms with van der Waals surface area (Å²) in [6.45, 7) is 2.22. The molecule has 1 heterocycles. The van der Waals surface area contributed by atoms with Gasteiger partial charge in [0, 0.05) is 10.6 Å². The summed E-state index contributed by atoms with van der Waals surface area (Å²) < 4.78 is 1.07. The van der Waals surface area contributed by atoms with Crippen LogP contribution in [0.15, 0.2) is 30.3 Å². The highest BCUT2D eigenvalue weighted by Crippen LogP contribution is 2.31. The molecule has 0 atom stereocenters. The fourth-order valence-corrected chi connectivity index (χ4v) is 4.41. The number of ketones is 1. The lowest BCUT2D eigenvalue weighted by Crippen LogP contribution is -2.15. The molecule has 0 radical (unpaired) electrons. The van der Waals surface area contributed by atoms with Crippen LogP contribution in [0.2, 0.25) is 5.02 Å². The van der Waals surface area contributed by atoms with Crippen LogP contribution in [0, 0.1) is 6.92 Å². The Balaban J connectivity index is 1.49. The van der Waals surface area contributed by atoms with Crippen LogP contribution >= 0.6 is 22.9 Å². The smallest absolute Gasteiger partial charge is 0.184 e. The van der Waals surface area contributed by atoms with E-state index in [9.17, 15) is 4.79 Å². The van der Waals surface area contributed by atoms with E-state index in [0.717, 1.165) is 44.3 Å². The quantitative estimate of drug-likeness (QED) is 0.622. The van der Waals surface area contributed by atoms with Gasteiger partial charge in [-0.05, 0) is 67.5 Å². The molecule has 0 amide bonds. The Morgan fingerprint density at radius 2 is 2.00 bits per heavy atom. The van der Waals surface area contributed by atoms with Crippen molar-refractivity contribution in [3.63, 3.8) is 0 Å². The van der Waals surface area contributed by atoms with Gasteiger partial charge in [0.2, 0.25) is 0 Å². The molecular weight excluding hydrogens is 352 g/mol. The summed E-state index contributed by atoms with van der Waals surface area (Å²) in [6.07, 6.45) is 4.69. The average Bonchev–Trinajstić information content (AvgIpc) is 3.06. The molecule has 5 heteroatoms. The first-order valence-electron chi connectivity index (χ1n) is 8.56. The molecule has 1 aliphatic carbocycles. The summed E-state index contributed by atoms with van der Waals surface area (Å²) in [5.74, 6) is 0.0994. The number of carbonyl (C=O) groups excluding carboxylic acids is 1. The minimum atomic E-state index is 0.0994. The normalized spacial score (nSPS) is 13.7. The Morgan fingerprint density at radius 3 is 2.84 bits per heavy atom. The first-order valence-corrected chi connectivity index (χ1v) is 9.76. The Morgan fingerprint density at radius 1 is 1.20 bits per heavy atom. The number of rotatable bonds is 4. The van der Waals surface area contributed by atoms with Crippen LogP contribution in [-0.2, 0) is 12.8 Å². The number of thiazole rings is 1. The topological polar surface area (TPSA) is 42.0 Å². The molecule has 0 saturated carbocycles. The highest BCUT2D eigenvalue weighted by molar-refractivity contribution is 7.22. The number of fused-ring (bicyclic) bond motifs is 2. The molecule has 25 heavy (non-hydrogen) atoms. The molecule has 0 saturated heterocycles. The van der Waals surface area contributed by atoms with Crippen LogP contribution in [0.1, 0.15) is 39.9 Å². The number of hydrogen-bond acceptors (Lipinski definition) is 4. The van der Waals surface area contributed by atoms with Crippen molar-refractivity contribution in [3.8, 4) is 0 Å². The second-order valence-electron chi connectivity index (χ2n) is 6.51. The maximum atomic E-state index is 12.5. The van der Waals surface area contributed by atoms with E-state index in [1.807, 2.05) is 25.1 Å². The van der Waals surface area contributed by atoms with Gasteiger partial charge in [-0.1, -0.05) is 35.1 Å². The van der Waals surface area contributed by atoms with Crippen LogP contribution in [0.5, 0.6) is 0 Å². The monoisotopic (exact) mass is 370 g/mol. The van der Waals surface area contributed by atoms with Crippen LogP contribution in [0.4, 0.5) is 5.13 Å². The second kappa shape index (κ2) is 6.77. The SMILES string of the molecule is Cc1c(Cl)ccc2sc(NCC(=O)c3ccc4c(c3)CCCC4)nc12. The molecule has 4 rings (SSSR count). The van der Waals surface area contributed by atoms with Gasteiger partial charge in [-0.2, -0.15) is 0 Å². The predicted molar refractivity (Wildman–Crippen MR) is 105 cm³/mol. The standard InChI is InChI=1S/C20H19ClN2OS/c1-12-16(21)8-9-18-19(12)23-20(25-18)22-11-17(24)15-7-6-13-4-2-3-5-14(13)10-15/h6-10H,2-5,11H2,1H3,(H,22,23). The number of Topliss-reactive ketones (excluding diaryl/α,β-unsaturated/α-hetero) is 1. The van der Waals surface area contributed by atoms with Crippen molar-refractivity contribution < 1.29 is 4.79 Å². The maximum Gasteiger partial charge on any atom is 0.184 e. The van der Waals surface area contributed by atoms with Crippen molar-refractivity contribution >= 4 is 44.1 Å². The van der Waals surface area contributed by atoms with Gasteiger partial charge < -0.3 is 5.32 Å². The summed E-state index contributed by atoms with van der Waals surface area (Å²) >= 11 is 7.70. The molecule has 128 valence electrons. The van der Waals surface area contributed by atoms with Crippen molar-refractivity contribution in [2.24, 2.45) is 0 Å². The average molecular weight is 371 g/mol. The zero-order chi connectivity index (χ0) is 17.4. The number of nitrogens with one attached hydrogen (secondary N) is 1. The zero-order valence-corrected chi connectivity index (χ0v) is 15.6. The summed E-state index contributed by atoms with van der Waals surface area (Å²) in [6, 6.07) is 10.0. The van der Waals surface area contributed by atoms with E-state index in [1.54, 1.807) is 11.3 Å².